The van der Waals surface area contributed by atoms with Gasteiger partial charge in [0, 0.05) is 0 Å². The van der Waals surface area contributed by atoms with Crippen LogP contribution in [0.5, 0.6) is 0 Å². The predicted octanol–water partition coefficient (Wildman–Crippen LogP) is 0.272. The molecule has 0 aromatic heterocycles. The number of aldehydes is 1. The summed E-state index contributed by atoms with van der Waals surface area (Å²) >= 11 is 0. The Morgan fingerprint density at radius 2 is 2.17 bits per heavy atom. The Labute approximate surface area is 106 Å². The van der Waals surface area contributed by atoms with E-state index in [1.165, 1.54) is 6.08 Å². The number of carbonyl (C=O) groups is 2. The van der Waals surface area contributed by atoms with Crippen LogP contribution in [0.3, 0.4) is 0 Å². The monoisotopic (exact) mass is 273 g/mol. The average molecular weight is 273 g/mol. The van der Waals surface area contributed by atoms with Crippen molar-refractivity contribution in [3.8, 4) is 0 Å². The number of ether oxygens (including phenoxy) is 1. The van der Waals surface area contributed by atoms with Crippen molar-refractivity contribution in [2.24, 2.45) is 0 Å². The van der Waals surface area contributed by atoms with Crippen molar-refractivity contribution in [2.45, 2.75) is 19.8 Å². The van der Waals surface area contributed by atoms with Gasteiger partial charge in [-0.2, -0.15) is 0 Å². The second-order valence-corrected chi connectivity index (χ2v) is 5.64. The lowest BCUT2D eigenvalue weighted by Crippen LogP contribution is -2.32. The van der Waals surface area contributed by atoms with E-state index < -0.39 is 22.5 Å². The van der Waals surface area contributed by atoms with Gasteiger partial charge in [-0.3, -0.25) is 9.59 Å². The largest absolute Gasteiger partial charge is 0.457 e. The fourth-order valence-electron chi connectivity index (χ4n) is 1.37. The van der Waals surface area contributed by atoms with Crippen LogP contribution < -0.4 is 4.72 Å². The van der Waals surface area contributed by atoms with Crippen LogP contribution in [0.25, 0.3) is 0 Å². The number of sulfonamides is 1. The molecule has 0 aliphatic heterocycles. The molecule has 1 aliphatic rings. The molecular weight excluding hydrogens is 258 g/mol. The van der Waals surface area contributed by atoms with Gasteiger partial charge in [0.25, 0.3) is 0 Å². The Kier molecular flexibility index (Phi) is 5.24. The molecule has 0 heterocycles. The van der Waals surface area contributed by atoms with Gasteiger partial charge in [-0.05, 0) is 25.8 Å². The molecule has 0 bridgehead atoms. The highest BCUT2D eigenvalue weighted by Gasteiger charge is 2.20. The minimum atomic E-state index is -3.65. The van der Waals surface area contributed by atoms with E-state index in [2.05, 4.69) is 9.46 Å². The molecule has 0 aromatic rings. The van der Waals surface area contributed by atoms with Gasteiger partial charge in [0.2, 0.25) is 10.0 Å². The molecule has 0 atom stereocenters. The summed E-state index contributed by atoms with van der Waals surface area (Å²) in [6.07, 6.45) is 4.79. The number of esters is 1. The van der Waals surface area contributed by atoms with E-state index >= 15 is 0 Å². The van der Waals surface area contributed by atoms with Crippen LogP contribution in [0.1, 0.15) is 19.8 Å². The smallest absolute Gasteiger partial charge is 0.321 e. The average Bonchev–Trinajstić information content (AvgIpc) is 2.34. The zero-order chi connectivity index (χ0) is 13.6. The Balaban J connectivity index is 2.55. The molecule has 18 heavy (non-hydrogen) atoms. The molecule has 1 rings (SSSR count). The molecule has 0 radical (unpaired) electrons. The zero-order valence-corrected chi connectivity index (χ0v) is 10.8. The highest BCUT2D eigenvalue weighted by Crippen LogP contribution is 2.21. The molecule has 0 saturated heterocycles. The summed E-state index contributed by atoms with van der Waals surface area (Å²) in [6.45, 7) is 1.07. The fourth-order valence-corrected chi connectivity index (χ4v) is 2.48. The van der Waals surface area contributed by atoms with Gasteiger partial charge in [0.1, 0.15) is 13.2 Å². The first-order valence-electron chi connectivity index (χ1n) is 5.41. The van der Waals surface area contributed by atoms with Crippen molar-refractivity contribution in [3.63, 3.8) is 0 Å². The number of rotatable bonds is 6. The topological polar surface area (TPSA) is 89.5 Å². The first kappa shape index (κ1) is 14.6. The predicted molar refractivity (Wildman–Crippen MR) is 65.0 cm³/mol. The van der Waals surface area contributed by atoms with Gasteiger partial charge >= 0.3 is 5.97 Å². The molecule has 7 heteroatoms. The van der Waals surface area contributed by atoms with Crippen molar-refractivity contribution in [3.05, 3.63) is 22.6 Å². The first-order valence-corrected chi connectivity index (χ1v) is 6.89. The van der Waals surface area contributed by atoms with E-state index in [0.717, 1.165) is 5.57 Å². The van der Waals surface area contributed by atoms with Gasteiger partial charge in [0.15, 0.2) is 6.29 Å². The molecule has 0 fully saturated rings. The van der Waals surface area contributed by atoms with Crippen LogP contribution >= 0.6 is 0 Å². The Hall–Kier alpha value is -1.47. The van der Waals surface area contributed by atoms with E-state index in [-0.39, 0.29) is 11.5 Å². The Morgan fingerprint density at radius 3 is 2.72 bits per heavy atom. The number of nitrogens with one attached hydrogen (secondary N) is 1. The molecule has 0 aromatic carbocycles. The third-order valence-corrected chi connectivity index (χ3v) is 3.94. The highest BCUT2D eigenvalue weighted by atomic mass is 32.2. The molecule has 1 N–H and O–H groups in total. The van der Waals surface area contributed by atoms with Crippen LogP contribution in [0, 0.1) is 0 Å². The number of carbonyl (C=O) groups excluding carboxylic acids is 2. The molecule has 0 saturated carbocycles. The van der Waals surface area contributed by atoms with Gasteiger partial charge in [0.05, 0.1) is 4.91 Å². The summed E-state index contributed by atoms with van der Waals surface area (Å²) < 4.78 is 30.1. The molecule has 100 valence electrons. The number of hydrogen-bond donors (Lipinski definition) is 1. The van der Waals surface area contributed by atoms with Crippen LogP contribution in [0.2, 0.25) is 0 Å². The van der Waals surface area contributed by atoms with Gasteiger partial charge in [-0.25, -0.2) is 13.1 Å². The summed E-state index contributed by atoms with van der Waals surface area (Å²) in [5, 5.41) is 0. The van der Waals surface area contributed by atoms with E-state index in [0.29, 0.717) is 19.1 Å². The van der Waals surface area contributed by atoms with Crippen LogP contribution in [0.15, 0.2) is 22.6 Å². The summed E-state index contributed by atoms with van der Waals surface area (Å²) in [5.41, 5.74) is 1.11. The second kappa shape index (κ2) is 6.46. The van der Waals surface area contributed by atoms with E-state index in [4.69, 9.17) is 0 Å². The molecule has 0 spiro atoms. The lowest BCUT2D eigenvalue weighted by atomic mass is 10.1. The van der Waals surface area contributed by atoms with Crippen LogP contribution in [-0.4, -0.2) is 33.8 Å². The third-order valence-electron chi connectivity index (χ3n) is 2.38. The number of allylic oxidation sites excluding steroid dienone is 4. The fraction of sp³-hybridized carbons (Fsp3) is 0.455. The molecule has 0 amide bonds. The van der Waals surface area contributed by atoms with E-state index in [1.807, 2.05) is 6.92 Å². The van der Waals surface area contributed by atoms with Gasteiger partial charge < -0.3 is 4.74 Å². The van der Waals surface area contributed by atoms with Crippen molar-refractivity contribution in [1.29, 1.82) is 0 Å². The maximum atomic E-state index is 11.8. The Morgan fingerprint density at radius 1 is 1.44 bits per heavy atom. The molecular formula is C11H15NO5S. The van der Waals surface area contributed by atoms with Crippen molar-refractivity contribution in [2.75, 3.05) is 13.2 Å². The first-order chi connectivity index (χ1) is 8.45. The van der Waals surface area contributed by atoms with E-state index in [9.17, 15) is 18.0 Å². The van der Waals surface area contributed by atoms with Crippen molar-refractivity contribution < 1.29 is 22.7 Å². The lowest BCUT2D eigenvalue weighted by Gasteiger charge is -2.13. The highest BCUT2D eigenvalue weighted by molar-refractivity contribution is 7.93. The molecule has 0 unspecified atom stereocenters. The van der Waals surface area contributed by atoms with Crippen molar-refractivity contribution in [1.82, 2.24) is 4.72 Å². The zero-order valence-electron chi connectivity index (χ0n) is 10.0. The van der Waals surface area contributed by atoms with Gasteiger partial charge in [-0.1, -0.05) is 11.6 Å². The third kappa shape index (κ3) is 4.42. The van der Waals surface area contributed by atoms with Crippen LogP contribution in [-0.2, 0) is 24.3 Å². The van der Waals surface area contributed by atoms with Crippen LogP contribution in [0.4, 0.5) is 0 Å². The summed E-state index contributed by atoms with van der Waals surface area (Å²) in [6, 6.07) is 0. The lowest BCUT2D eigenvalue weighted by molar-refractivity contribution is -0.144. The summed E-state index contributed by atoms with van der Waals surface area (Å²) in [4.78, 5) is 21.2. The summed E-state index contributed by atoms with van der Waals surface area (Å²) in [5.74, 6) is -0.784. The number of hydrogen-bond acceptors (Lipinski definition) is 5. The van der Waals surface area contributed by atoms with Crippen molar-refractivity contribution >= 4 is 22.3 Å². The maximum Gasteiger partial charge on any atom is 0.321 e. The quantitative estimate of drug-likeness (QED) is 0.554. The summed E-state index contributed by atoms with van der Waals surface area (Å²) in [7, 11) is -3.65. The minimum Gasteiger partial charge on any atom is -0.457 e. The molecule has 6 nitrogen and oxygen atoms in total. The SMILES string of the molecule is CC1=CC=C(S(=O)(=O)NCC(=O)OCC=O)CC1. The maximum absolute atomic E-state index is 11.8. The Bertz CT molecular complexity index is 490. The normalized spacial score (nSPS) is 15.6. The standard InChI is InChI=1S/C11H15NO5S/c1-9-2-4-10(5-3-9)18(15,16)12-8-11(14)17-7-6-13/h2,4,6,12H,3,5,7-8H2,1H3. The van der Waals surface area contributed by atoms with E-state index in [1.54, 1.807) is 6.08 Å². The van der Waals surface area contributed by atoms with Gasteiger partial charge in [-0.15, -0.1) is 0 Å². The minimum absolute atomic E-state index is 0.247. The molecule has 1 aliphatic carbocycles. The second-order valence-electron chi connectivity index (χ2n) is 3.82.